The van der Waals surface area contributed by atoms with E-state index in [9.17, 15) is 0 Å². The molecule has 0 N–H and O–H groups in total. The van der Waals surface area contributed by atoms with Gasteiger partial charge in [-0.2, -0.15) is 0 Å². The zero-order chi connectivity index (χ0) is 35.8. The van der Waals surface area contributed by atoms with Crippen LogP contribution in [-0.2, 0) is 0 Å². The largest absolute Gasteiger partial charge is 0.454 e. The van der Waals surface area contributed by atoms with Crippen molar-refractivity contribution in [3.05, 3.63) is 212 Å². The van der Waals surface area contributed by atoms with E-state index in [-0.39, 0.29) is 0 Å². The fraction of sp³-hybridized carbons (Fsp3) is 0. The molecule has 0 aliphatic rings. The molecular weight excluding hydrogens is 655 g/mol. The van der Waals surface area contributed by atoms with Crippen molar-refractivity contribution in [3.63, 3.8) is 0 Å². The number of hydrogen-bond acceptors (Lipinski definition) is 2. The predicted octanol–water partition coefficient (Wildman–Crippen LogP) is 14.9. The smallest absolute Gasteiger partial charge is 0.159 e. The Labute approximate surface area is 314 Å². The molecule has 0 saturated heterocycles. The molecule has 10 aromatic rings. The molecule has 0 radical (unpaired) electrons. The highest BCUT2D eigenvalue weighted by Gasteiger charge is 2.20. The van der Waals surface area contributed by atoms with Crippen LogP contribution in [0, 0.1) is 0 Å². The van der Waals surface area contributed by atoms with Crippen molar-refractivity contribution in [3.8, 4) is 44.5 Å². The van der Waals surface area contributed by atoms with Crippen molar-refractivity contribution in [2.24, 2.45) is 0 Å². The monoisotopic (exact) mass is 689 g/mol. The first kappa shape index (κ1) is 31.6. The number of para-hydroxylation sites is 2. The summed E-state index contributed by atoms with van der Waals surface area (Å²) < 4.78 is 6.62. The van der Waals surface area contributed by atoms with Gasteiger partial charge in [0.05, 0.1) is 5.69 Å². The minimum Gasteiger partial charge on any atom is -0.454 e. The lowest BCUT2D eigenvalue weighted by Crippen LogP contribution is -2.10. The highest BCUT2D eigenvalue weighted by molar-refractivity contribution is 6.10. The van der Waals surface area contributed by atoms with Crippen LogP contribution in [0.15, 0.2) is 217 Å². The minimum atomic E-state index is 0.864. The summed E-state index contributed by atoms with van der Waals surface area (Å²) >= 11 is 0. The number of rotatable bonds is 7. The Bertz CT molecular complexity index is 2920. The van der Waals surface area contributed by atoms with E-state index in [1.165, 1.54) is 44.2 Å². The normalized spacial score (nSPS) is 11.3. The summed E-state index contributed by atoms with van der Waals surface area (Å²) in [5, 5.41) is 4.68. The molecule has 0 aliphatic heterocycles. The van der Waals surface area contributed by atoms with Gasteiger partial charge in [0.25, 0.3) is 0 Å². The van der Waals surface area contributed by atoms with E-state index >= 15 is 0 Å². The van der Waals surface area contributed by atoms with Crippen LogP contribution in [0.1, 0.15) is 0 Å². The van der Waals surface area contributed by atoms with Gasteiger partial charge < -0.3 is 9.32 Å². The van der Waals surface area contributed by atoms with Crippen LogP contribution in [0.4, 0.5) is 17.1 Å². The maximum atomic E-state index is 6.62. The molecule has 0 unspecified atom stereocenters. The number of anilines is 3. The minimum absolute atomic E-state index is 0.864. The summed E-state index contributed by atoms with van der Waals surface area (Å²) in [5.74, 6) is 0. The molecule has 9 aromatic carbocycles. The third-order valence-corrected chi connectivity index (χ3v) is 10.5. The summed E-state index contributed by atoms with van der Waals surface area (Å²) in [7, 11) is 0. The zero-order valence-electron chi connectivity index (χ0n) is 29.6. The second-order valence-electron chi connectivity index (χ2n) is 13.7. The second-order valence-corrected chi connectivity index (χ2v) is 13.7. The van der Waals surface area contributed by atoms with Gasteiger partial charge in [-0.3, -0.25) is 0 Å². The number of fused-ring (bicyclic) bond motifs is 4. The molecule has 0 amide bonds. The first-order chi connectivity index (χ1) is 26.8. The maximum Gasteiger partial charge on any atom is 0.159 e. The number of nitrogens with zero attached hydrogens (tertiary/aromatic N) is 1. The van der Waals surface area contributed by atoms with Crippen LogP contribution in [0.5, 0.6) is 0 Å². The van der Waals surface area contributed by atoms with Crippen molar-refractivity contribution < 1.29 is 4.42 Å². The van der Waals surface area contributed by atoms with E-state index in [0.29, 0.717) is 0 Å². The van der Waals surface area contributed by atoms with Gasteiger partial charge >= 0.3 is 0 Å². The van der Waals surface area contributed by atoms with E-state index in [2.05, 4.69) is 205 Å². The average molecular weight is 690 g/mol. The van der Waals surface area contributed by atoms with Gasteiger partial charge in [0, 0.05) is 22.1 Å². The first-order valence-electron chi connectivity index (χ1n) is 18.4. The van der Waals surface area contributed by atoms with E-state index in [0.717, 1.165) is 50.1 Å². The van der Waals surface area contributed by atoms with Crippen molar-refractivity contribution in [2.45, 2.75) is 0 Å². The quantitative estimate of drug-likeness (QED) is 0.166. The third-order valence-electron chi connectivity index (χ3n) is 10.5. The number of furan rings is 1. The molecule has 0 saturated carbocycles. The second kappa shape index (κ2) is 13.4. The van der Waals surface area contributed by atoms with Gasteiger partial charge in [-0.05, 0) is 104 Å². The lowest BCUT2D eigenvalue weighted by Gasteiger charge is -2.26. The first-order valence-corrected chi connectivity index (χ1v) is 18.4. The SMILES string of the molecule is c1ccc(-c2ccc(-c3ccc(N(c4cccc(-c5ccc6ccccc6c5)c4)c4cccc5c4oc4ccccc45)cc3)cc2-c2ccccc2)cc1. The highest BCUT2D eigenvalue weighted by Crippen LogP contribution is 2.44. The molecule has 1 aromatic heterocycles. The fourth-order valence-corrected chi connectivity index (χ4v) is 7.78. The summed E-state index contributed by atoms with van der Waals surface area (Å²) in [5.41, 5.74) is 14.3. The lowest BCUT2D eigenvalue weighted by molar-refractivity contribution is 0.669. The Kier molecular flexibility index (Phi) is 7.85. The Balaban J connectivity index is 1.10. The molecule has 2 heteroatoms. The summed E-state index contributed by atoms with van der Waals surface area (Å²) in [4.78, 5) is 2.33. The Morgan fingerprint density at radius 1 is 0.315 bits per heavy atom. The Morgan fingerprint density at radius 2 is 0.907 bits per heavy atom. The number of hydrogen-bond donors (Lipinski definition) is 0. The third kappa shape index (κ3) is 5.71. The van der Waals surface area contributed by atoms with Gasteiger partial charge in [0.1, 0.15) is 5.58 Å². The average Bonchev–Trinajstić information content (AvgIpc) is 3.64. The molecule has 10 rings (SSSR count). The van der Waals surface area contributed by atoms with E-state index < -0.39 is 0 Å². The molecule has 0 bridgehead atoms. The van der Waals surface area contributed by atoms with Gasteiger partial charge in [0.15, 0.2) is 5.58 Å². The van der Waals surface area contributed by atoms with Crippen LogP contribution in [0.25, 0.3) is 77.2 Å². The van der Waals surface area contributed by atoms with Crippen LogP contribution in [0.2, 0.25) is 0 Å². The molecule has 0 aliphatic carbocycles. The molecule has 254 valence electrons. The van der Waals surface area contributed by atoms with Crippen LogP contribution >= 0.6 is 0 Å². The topological polar surface area (TPSA) is 16.4 Å². The van der Waals surface area contributed by atoms with E-state index in [1.54, 1.807) is 0 Å². The molecule has 54 heavy (non-hydrogen) atoms. The molecule has 0 fully saturated rings. The Morgan fingerprint density at radius 3 is 1.72 bits per heavy atom. The molecular formula is C52H35NO. The van der Waals surface area contributed by atoms with Crippen molar-refractivity contribution >= 4 is 49.8 Å². The fourth-order valence-electron chi connectivity index (χ4n) is 7.78. The van der Waals surface area contributed by atoms with E-state index in [1.807, 2.05) is 12.1 Å². The molecule has 1 heterocycles. The van der Waals surface area contributed by atoms with Crippen LogP contribution in [0.3, 0.4) is 0 Å². The van der Waals surface area contributed by atoms with Gasteiger partial charge in [-0.15, -0.1) is 0 Å². The van der Waals surface area contributed by atoms with Crippen LogP contribution < -0.4 is 4.90 Å². The summed E-state index contributed by atoms with van der Waals surface area (Å²) in [6, 6.07) is 75.9. The van der Waals surface area contributed by atoms with Crippen LogP contribution in [-0.4, -0.2) is 0 Å². The van der Waals surface area contributed by atoms with Crippen molar-refractivity contribution in [2.75, 3.05) is 4.90 Å². The molecule has 0 spiro atoms. The number of benzene rings is 9. The molecule has 0 atom stereocenters. The lowest BCUT2D eigenvalue weighted by atomic mass is 9.91. The molecule has 2 nitrogen and oxygen atoms in total. The van der Waals surface area contributed by atoms with Crippen molar-refractivity contribution in [1.82, 2.24) is 0 Å². The summed E-state index contributed by atoms with van der Waals surface area (Å²) in [6.45, 7) is 0. The predicted molar refractivity (Wildman–Crippen MR) is 228 cm³/mol. The summed E-state index contributed by atoms with van der Waals surface area (Å²) in [6.07, 6.45) is 0. The van der Waals surface area contributed by atoms with Gasteiger partial charge in [-0.25, -0.2) is 0 Å². The van der Waals surface area contributed by atoms with Gasteiger partial charge in [0.2, 0.25) is 0 Å². The maximum absolute atomic E-state index is 6.62. The van der Waals surface area contributed by atoms with E-state index in [4.69, 9.17) is 4.42 Å². The standard InChI is InChI=1S/C52H35NO/c1-3-14-38(15-4-1)46-32-29-43(35-49(46)39-16-5-2-6-17-39)37-27-30-44(31-28-37)53(50-23-12-22-48-47-21-9-10-24-51(47)54-52(48)50)45-20-11-19-41(34-45)42-26-25-36-13-7-8-18-40(36)33-42/h1-35H. The highest BCUT2D eigenvalue weighted by atomic mass is 16.3. The van der Waals surface area contributed by atoms with Gasteiger partial charge in [-0.1, -0.05) is 164 Å². The Hall–Kier alpha value is -7.16. The zero-order valence-corrected chi connectivity index (χ0v) is 29.6. The van der Waals surface area contributed by atoms with Crippen molar-refractivity contribution in [1.29, 1.82) is 0 Å².